The fourth-order valence-corrected chi connectivity index (χ4v) is 2.47. The molecule has 1 aliphatic heterocycles. The Morgan fingerprint density at radius 3 is 2.68 bits per heavy atom. The van der Waals surface area contributed by atoms with E-state index in [0.717, 1.165) is 6.07 Å². The Bertz CT molecular complexity index is 619. The fraction of sp³-hybridized carbons (Fsp3) is 0.429. The molecule has 8 heteroatoms. The van der Waals surface area contributed by atoms with Gasteiger partial charge in [0.05, 0.1) is 16.1 Å². The molecule has 0 aromatic heterocycles. The van der Waals surface area contributed by atoms with Crippen molar-refractivity contribution in [2.45, 2.75) is 31.5 Å². The van der Waals surface area contributed by atoms with Crippen LogP contribution in [0.15, 0.2) is 18.2 Å². The molecule has 120 valence electrons. The first kappa shape index (κ1) is 16.6. The maximum absolute atomic E-state index is 12.8. The maximum atomic E-state index is 12.8. The van der Waals surface area contributed by atoms with Gasteiger partial charge >= 0.3 is 6.18 Å². The summed E-state index contributed by atoms with van der Waals surface area (Å²) in [5.41, 5.74) is -1.77. The Labute approximate surface area is 130 Å². The van der Waals surface area contributed by atoms with Crippen molar-refractivity contribution in [1.82, 2.24) is 10.6 Å². The largest absolute Gasteiger partial charge is 0.417 e. The lowest BCUT2D eigenvalue weighted by Gasteiger charge is -2.24. The minimum absolute atomic E-state index is 0.109. The Morgan fingerprint density at radius 2 is 2.14 bits per heavy atom. The Balaban J connectivity index is 2.09. The van der Waals surface area contributed by atoms with Crippen LogP contribution in [-0.2, 0) is 11.0 Å². The highest BCUT2D eigenvalue weighted by atomic mass is 35.5. The minimum atomic E-state index is -4.63. The van der Waals surface area contributed by atoms with Crippen LogP contribution in [0.2, 0.25) is 5.02 Å². The summed E-state index contributed by atoms with van der Waals surface area (Å²) < 4.78 is 38.3. The minimum Gasteiger partial charge on any atom is -0.350 e. The molecule has 22 heavy (non-hydrogen) atoms. The normalized spacial score (nSPS) is 21.6. The summed E-state index contributed by atoms with van der Waals surface area (Å²) in [7, 11) is 0. The van der Waals surface area contributed by atoms with E-state index in [1.54, 1.807) is 6.92 Å². The quantitative estimate of drug-likeness (QED) is 0.893. The van der Waals surface area contributed by atoms with Crippen molar-refractivity contribution in [3.05, 3.63) is 34.3 Å². The molecule has 1 aromatic rings. The molecule has 1 heterocycles. The molecular weight excluding hydrogens is 321 g/mol. The third-order valence-corrected chi connectivity index (χ3v) is 3.85. The lowest BCUT2D eigenvalue weighted by atomic mass is 10.0. The first-order chi connectivity index (χ1) is 10.1. The van der Waals surface area contributed by atoms with Crippen LogP contribution < -0.4 is 10.6 Å². The molecule has 1 fully saturated rings. The van der Waals surface area contributed by atoms with E-state index in [-0.39, 0.29) is 18.0 Å². The van der Waals surface area contributed by atoms with Crippen molar-refractivity contribution in [2.75, 3.05) is 6.54 Å². The zero-order chi connectivity index (χ0) is 16.5. The molecule has 0 aliphatic carbocycles. The number of nitrogens with one attached hydrogen (secondary N) is 2. The van der Waals surface area contributed by atoms with Gasteiger partial charge in [-0.05, 0) is 31.5 Å². The highest BCUT2D eigenvalue weighted by Crippen LogP contribution is 2.35. The van der Waals surface area contributed by atoms with Gasteiger partial charge in [-0.1, -0.05) is 11.6 Å². The second-order valence-corrected chi connectivity index (χ2v) is 5.89. The van der Waals surface area contributed by atoms with Gasteiger partial charge in [-0.25, -0.2) is 0 Å². The van der Waals surface area contributed by atoms with Crippen molar-refractivity contribution in [2.24, 2.45) is 0 Å². The van der Waals surface area contributed by atoms with Crippen LogP contribution in [0.25, 0.3) is 0 Å². The molecule has 0 spiro atoms. The van der Waals surface area contributed by atoms with Gasteiger partial charge in [0.15, 0.2) is 0 Å². The lowest BCUT2D eigenvalue weighted by molar-refractivity contribution is -0.137. The molecule has 1 aliphatic rings. The second-order valence-electron chi connectivity index (χ2n) is 5.48. The van der Waals surface area contributed by atoms with Crippen molar-refractivity contribution < 1.29 is 22.8 Å². The third kappa shape index (κ3) is 3.71. The van der Waals surface area contributed by atoms with E-state index < -0.39 is 28.2 Å². The van der Waals surface area contributed by atoms with E-state index in [1.165, 1.54) is 6.07 Å². The molecule has 1 atom stereocenters. The molecule has 2 amide bonds. The molecule has 1 aromatic carbocycles. The van der Waals surface area contributed by atoms with Gasteiger partial charge in [0.1, 0.15) is 0 Å². The maximum Gasteiger partial charge on any atom is 0.417 e. The number of carbonyl (C=O) groups is 2. The Hall–Kier alpha value is -1.76. The Morgan fingerprint density at radius 1 is 1.45 bits per heavy atom. The van der Waals surface area contributed by atoms with E-state index in [1.807, 2.05) is 0 Å². The van der Waals surface area contributed by atoms with Crippen molar-refractivity contribution in [3.8, 4) is 0 Å². The zero-order valence-electron chi connectivity index (χ0n) is 11.7. The second kappa shape index (κ2) is 5.79. The first-order valence-corrected chi connectivity index (χ1v) is 6.94. The summed E-state index contributed by atoms with van der Waals surface area (Å²) in [5, 5.41) is 4.80. The lowest BCUT2D eigenvalue weighted by Crippen LogP contribution is -2.48. The predicted octanol–water partition coefficient (Wildman–Crippen LogP) is 2.76. The van der Waals surface area contributed by atoms with E-state index >= 15 is 0 Å². The van der Waals surface area contributed by atoms with Gasteiger partial charge in [-0.3, -0.25) is 9.59 Å². The van der Waals surface area contributed by atoms with Gasteiger partial charge in [-0.2, -0.15) is 13.2 Å². The standard InChI is InChI=1S/C14H14ClF3N2O2/c1-13(5-4-11(21)20-13)7-19-12(22)8-2-3-10(15)9(6-8)14(16,17)18/h2-3,6H,4-5,7H2,1H3,(H,19,22)(H,20,21). The molecule has 0 saturated carbocycles. The number of rotatable bonds is 3. The summed E-state index contributed by atoms with van der Waals surface area (Å²) in [4.78, 5) is 23.2. The molecule has 2 N–H and O–H groups in total. The summed E-state index contributed by atoms with van der Waals surface area (Å²) in [6.45, 7) is 1.91. The summed E-state index contributed by atoms with van der Waals surface area (Å²) in [6.07, 6.45) is -3.70. The van der Waals surface area contributed by atoms with E-state index in [0.29, 0.717) is 18.9 Å². The van der Waals surface area contributed by atoms with Crippen LogP contribution in [0.4, 0.5) is 13.2 Å². The van der Waals surface area contributed by atoms with Crippen molar-refractivity contribution in [3.63, 3.8) is 0 Å². The smallest absolute Gasteiger partial charge is 0.350 e. The van der Waals surface area contributed by atoms with Gasteiger partial charge in [0, 0.05) is 18.5 Å². The number of alkyl halides is 3. The zero-order valence-corrected chi connectivity index (χ0v) is 12.4. The van der Waals surface area contributed by atoms with Crippen LogP contribution >= 0.6 is 11.6 Å². The number of hydrogen-bond donors (Lipinski definition) is 2. The van der Waals surface area contributed by atoms with Crippen LogP contribution in [0.1, 0.15) is 35.7 Å². The van der Waals surface area contributed by atoms with Gasteiger partial charge in [-0.15, -0.1) is 0 Å². The number of carbonyl (C=O) groups excluding carboxylic acids is 2. The summed E-state index contributed by atoms with van der Waals surface area (Å²) in [5.74, 6) is -0.757. The first-order valence-electron chi connectivity index (χ1n) is 6.57. The molecule has 2 rings (SSSR count). The third-order valence-electron chi connectivity index (χ3n) is 3.52. The van der Waals surface area contributed by atoms with Gasteiger partial charge in [0.2, 0.25) is 5.91 Å². The van der Waals surface area contributed by atoms with E-state index in [2.05, 4.69) is 10.6 Å². The van der Waals surface area contributed by atoms with E-state index in [9.17, 15) is 22.8 Å². The molecule has 0 radical (unpaired) electrons. The number of hydrogen-bond acceptors (Lipinski definition) is 2. The van der Waals surface area contributed by atoms with Crippen LogP contribution in [0.3, 0.4) is 0 Å². The molecule has 1 unspecified atom stereocenters. The van der Waals surface area contributed by atoms with Crippen LogP contribution in [-0.4, -0.2) is 23.9 Å². The Kier molecular flexibility index (Phi) is 4.37. The molecule has 1 saturated heterocycles. The average Bonchev–Trinajstić information content (AvgIpc) is 2.75. The van der Waals surface area contributed by atoms with Crippen LogP contribution in [0, 0.1) is 0 Å². The molecule has 0 bridgehead atoms. The van der Waals surface area contributed by atoms with Crippen LogP contribution in [0.5, 0.6) is 0 Å². The average molecular weight is 335 g/mol. The predicted molar refractivity (Wildman–Crippen MR) is 74.6 cm³/mol. The highest BCUT2D eigenvalue weighted by molar-refractivity contribution is 6.31. The summed E-state index contributed by atoms with van der Waals surface area (Å²) >= 11 is 5.51. The van der Waals surface area contributed by atoms with Gasteiger partial charge < -0.3 is 10.6 Å². The van der Waals surface area contributed by atoms with Gasteiger partial charge in [0.25, 0.3) is 5.91 Å². The van der Waals surface area contributed by atoms with Crippen molar-refractivity contribution in [1.29, 1.82) is 0 Å². The number of amides is 2. The molecular formula is C14H14ClF3N2O2. The van der Waals surface area contributed by atoms with E-state index in [4.69, 9.17) is 11.6 Å². The summed E-state index contributed by atoms with van der Waals surface area (Å²) in [6, 6.07) is 2.98. The monoisotopic (exact) mass is 334 g/mol. The number of halogens is 4. The molecule has 4 nitrogen and oxygen atoms in total. The van der Waals surface area contributed by atoms with Crippen molar-refractivity contribution >= 4 is 23.4 Å². The SMILES string of the molecule is CC1(CNC(=O)c2ccc(Cl)c(C(F)(F)F)c2)CCC(=O)N1. The fourth-order valence-electron chi connectivity index (χ4n) is 2.24. The highest BCUT2D eigenvalue weighted by Gasteiger charge is 2.35. The topological polar surface area (TPSA) is 58.2 Å². The number of benzene rings is 1.